The van der Waals surface area contributed by atoms with Gasteiger partial charge in [-0.2, -0.15) is 0 Å². The number of rotatable bonds is 8. The maximum atomic E-state index is 12.7. The predicted molar refractivity (Wildman–Crippen MR) is 105 cm³/mol. The third-order valence-electron chi connectivity index (χ3n) is 4.51. The van der Waals surface area contributed by atoms with Crippen LogP contribution in [0.25, 0.3) is 0 Å². The van der Waals surface area contributed by atoms with E-state index in [4.69, 9.17) is 9.47 Å². The molecule has 27 heavy (non-hydrogen) atoms. The Morgan fingerprint density at radius 1 is 1.00 bits per heavy atom. The molecule has 0 fully saturated rings. The second kappa shape index (κ2) is 8.94. The molecule has 2 aromatic carbocycles. The van der Waals surface area contributed by atoms with Gasteiger partial charge in [0.15, 0.2) is 0 Å². The van der Waals surface area contributed by atoms with Crippen molar-refractivity contribution in [2.75, 3.05) is 14.2 Å². The maximum Gasteiger partial charge on any atom is 0.222 e. The summed E-state index contributed by atoms with van der Waals surface area (Å²) < 4.78 is 12.7. The quantitative estimate of drug-likeness (QED) is 0.661. The van der Waals surface area contributed by atoms with Crippen LogP contribution in [0.2, 0.25) is 0 Å². The van der Waals surface area contributed by atoms with Gasteiger partial charge in [0, 0.05) is 24.5 Å². The van der Waals surface area contributed by atoms with Gasteiger partial charge in [0.05, 0.1) is 26.7 Å². The van der Waals surface area contributed by atoms with Crippen molar-refractivity contribution in [3.63, 3.8) is 0 Å². The Balaban J connectivity index is 1.73. The first kappa shape index (κ1) is 18.6. The van der Waals surface area contributed by atoms with E-state index >= 15 is 0 Å². The number of nitrogens with one attached hydrogen (secondary N) is 1. The van der Waals surface area contributed by atoms with E-state index in [2.05, 4.69) is 5.32 Å². The number of carbonyl (C=O) groups excluding carboxylic acids is 1. The average Bonchev–Trinajstić information content (AvgIpc) is 3.25. The highest BCUT2D eigenvalue weighted by molar-refractivity contribution is 5.77. The Kier molecular flexibility index (Phi) is 6.15. The lowest BCUT2D eigenvalue weighted by Crippen LogP contribution is -2.26. The highest BCUT2D eigenvalue weighted by Crippen LogP contribution is 2.26. The van der Waals surface area contributed by atoms with Crippen LogP contribution in [0.5, 0.6) is 11.5 Å². The van der Waals surface area contributed by atoms with E-state index in [1.165, 1.54) is 0 Å². The Morgan fingerprint density at radius 2 is 1.78 bits per heavy atom. The number of para-hydroxylation sites is 1. The lowest BCUT2D eigenvalue weighted by Gasteiger charge is -2.20. The fourth-order valence-electron chi connectivity index (χ4n) is 3.09. The number of carbonyl (C=O) groups is 1. The number of aromatic nitrogens is 1. The van der Waals surface area contributed by atoms with Crippen molar-refractivity contribution in [1.29, 1.82) is 0 Å². The van der Waals surface area contributed by atoms with Crippen molar-refractivity contribution in [3.05, 3.63) is 84.2 Å². The van der Waals surface area contributed by atoms with Gasteiger partial charge in [-0.1, -0.05) is 30.3 Å². The van der Waals surface area contributed by atoms with Crippen molar-refractivity contribution in [1.82, 2.24) is 9.88 Å². The number of hydrogen-bond acceptors (Lipinski definition) is 3. The first-order valence-electron chi connectivity index (χ1n) is 8.86. The van der Waals surface area contributed by atoms with Gasteiger partial charge in [-0.25, -0.2) is 0 Å². The van der Waals surface area contributed by atoms with Gasteiger partial charge in [-0.05, 0) is 35.9 Å². The van der Waals surface area contributed by atoms with Crippen LogP contribution in [0.15, 0.2) is 73.1 Å². The largest absolute Gasteiger partial charge is 0.497 e. The molecule has 1 aromatic heterocycles. The summed E-state index contributed by atoms with van der Waals surface area (Å²) in [4.78, 5) is 12.7. The van der Waals surface area contributed by atoms with Gasteiger partial charge in [0.25, 0.3) is 0 Å². The fourth-order valence-corrected chi connectivity index (χ4v) is 3.09. The molecule has 0 unspecified atom stereocenters. The lowest BCUT2D eigenvalue weighted by atomic mass is 10.0. The Labute approximate surface area is 159 Å². The minimum Gasteiger partial charge on any atom is -0.497 e. The number of nitrogens with zero attached hydrogens (tertiary/aromatic N) is 1. The number of benzene rings is 2. The second-order valence-electron chi connectivity index (χ2n) is 6.22. The summed E-state index contributed by atoms with van der Waals surface area (Å²) in [5, 5.41) is 3.00. The smallest absolute Gasteiger partial charge is 0.222 e. The van der Waals surface area contributed by atoms with Gasteiger partial charge in [-0.15, -0.1) is 0 Å². The molecule has 1 amide bonds. The van der Waals surface area contributed by atoms with Gasteiger partial charge in [0.1, 0.15) is 11.5 Å². The minimum absolute atomic E-state index is 0.0255. The molecule has 5 nitrogen and oxygen atoms in total. The van der Waals surface area contributed by atoms with E-state index in [1.807, 2.05) is 77.6 Å². The molecule has 3 rings (SSSR count). The number of hydrogen-bond donors (Lipinski definition) is 1. The summed E-state index contributed by atoms with van der Waals surface area (Å²) in [7, 11) is 3.27. The van der Waals surface area contributed by atoms with Crippen molar-refractivity contribution in [3.8, 4) is 11.5 Å². The van der Waals surface area contributed by atoms with Crippen molar-refractivity contribution >= 4 is 5.91 Å². The zero-order valence-corrected chi connectivity index (χ0v) is 15.6. The van der Waals surface area contributed by atoms with Crippen LogP contribution in [-0.2, 0) is 11.3 Å². The fraction of sp³-hybridized carbons (Fsp3) is 0.227. The summed E-state index contributed by atoms with van der Waals surface area (Å²) >= 11 is 0. The maximum absolute atomic E-state index is 12.7. The highest BCUT2D eigenvalue weighted by atomic mass is 16.5. The van der Waals surface area contributed by atoms with Gasteiger partial charge >= 0.3 is 0 Å². The van der Waals surface area contributed by atoms with Crippen molar-refractivity contribution in [2.45, 2.75) is 19.0 Å². The molecular formula is C22H24N2O3. The van der Waals surface area contributed by atoms with Crippen LogP contribution in [0, 0.1) is 0 Å². The summed E-state index contributed by atoms with van der Waals surface area (Å²) in [6.07, 6.45) is 4.27. The van der Waals surface area contributed by atoms with Crippen LogP contribution in [0.3, 0.4) is 0 Å². The molecule has 1 heterocycles. The molecule has 3 aromatic rings. The Bertz CT molecular complexity index is 875. The highest BCUT2D eigenvalue weighted by Gasteiger charge is 2.18. The molecule has 0 aliphatic carbocycles. The molecule has 0 bridgehead atoms. The topological polar surface area (TPSA) is 52.5 Å². The van der Waals surface area contributed by atoms with Crippen molar-refractivity contribution in [2.24, 2.45) is 0 Å². The number of amides is 1. The first-order chi connectivity index (χ1) is 13.2. The third kappa shape index (κ3) is 4.70. The molecular weight excluding hydrogens is 340 g/mol. The van der Waals surface area contributed by atoms with E-state index in [0.29, 0.717) is 13.0 Å². The second-order valence-corrected chi connectivity index (χ2v) is 6.22. The predicted octanol–water partition coefficient (Wildman–Crippen LogP) is 3.80. The summed E-state index contributed by atoms with van der Waals surface area (Å²) in [5.41, 5.74) is 1.98. The van der Waals surface area contributed by atoms with E-state index < -0.39 is 0 Å². The number of methoxy groups -OCH3 is 2. The summed E-state index contributed by atoms with van der Waals surface area (Å²) in [5.74, 6) is 1.52. The van der Waals surface area contributed by atoms with E-state index in [9.17, 15) is 4.79 Å². The Hall–Kier alpha value is -3.21. The Morgan fingerprint density at radius 3 is 2.52 bits per heavy atom. The SMILES string of the molecule is COc1cccc([C@H](CC(=O)NCc2ccccc2OC)n2cccc2)c1. The molecule has 1 atom stereocenters. The zero-order valence-electron chi connectivity index (χ0n) is 15.6. The molecule has 0 aliphatic rings. The molecule has 140 valence electrons. The van der Waals surface area contributed by atoms with Crippen LogP contribution in [0.1, 0.15) is 23.6 Å². The van der Waals surface area contributed by atoms with Crippen LogP contribution in [-0.4, -0.2) is 24.7 Å². The number of ether oxygens (including phenoxy) is 2. The lowest BCUT2D eigenvalue weighted by molar-refractivity contribution is -0.121. The van der Waals surface area contributed by atoms with Crippen LogP contribution < -0.4 is 14.8 Å². The minimum atomic E-state index is -0.104. The standard InChI is InChI=1S/C22H24N2O3/c1-26-19-10-7-9-17(14-19)20(24-12-5-6-13-24)15-22(25)23-16-18-8-3-4-11-21(18)27-2/h3-14,20H,15-16H2,1-2H3,(H,23,25)/t20-/m0/s1. The van der Waals surface area contributed by atoms with E-state index in [0.717, 1.165) is 22.6 Å². The molecule has 0 saturated heterocycles. The average molecular weight is 364 g/mol. The van der Waals surface area contributed by atoms with Crippen molar-refractivity contribution < 1.29 is 14.3 Å². The molecule has 5 heteroatoms. The molecule has 0 radical (unpaired) electrons. The van der Waals surface area contributed by atoms with E-state index in [-0.39, 0.29) is 11.9 Å². The van der Waals surface area contributed by atoms with Gasteiger partial charge in [-0.3, -0.25) is 4.79 Å². The summed E-state index contributed by atoms with van der Waals surface area (Å²) in [6.45, 7) is 0.430. The van der Waals surface area contributed by atoms with E-state index in [1.54, 1.807) is 14.2 Å². The molecule has 1 N–H and O–H groups in total. The van der Waals surface area contributed by atoms with Crippen LogP contribution in [0.4, 0.5) is 0 Å². The van der Waals surface area contributed by atoms with Gasteiger partial charge < -0.3 is 19.4 Å². The zero-order chi connectivity index (χ0) is 19.1. The molecule has 0 spiro atoms. The first-order valence-corrected chi connectivity index (χ1v) is 8.86. The molecule has 0 saturated carbocycles. The third-order valence-corrected chi connectivity index (χ3v) is 4.51. The van der Waals surface area contributed by atoms with Gasteiger partial charge in [0.2, 0.25) is 5.91 Å². The molecule has 0 aliphatic heterocycles. The van der Waals surface area contributed by atoms with Crippen LogP contribution >= 0.6 is 0 Å². The summed E-state index contributed by atoms with van der Waals surface area (Å²) in [6, 6.07) is 19.3. The monoisotopic (exact) mass is 364 g/mol. The normalized spacial score (nSPS) is 11.6.